The maximum Gasteiger partial charge on any atom is 0.315 e. The number of urea groups is 1. The quantitative estimate of drug-likeness (QED) is 0.877. The Hall–Kier alpha value is -2.04. The molecule has 0 bridgehead atoms. The van der Waals surface area contributed by atoms with E-state index in [4.69, 9.17) is 0 Å². The van der Waals surface area contributed by atoms with Gasteiger partial charge in [-0.1, -0.05) is 36.8 Å². The summed E-state index contributed by atoms with van der Waals surface area (Å²) in [6.45, 7) is 5.15. The third kappa shape index (κ3) is 5.58. The fourth-order valence-corrected chi connectivity index (χ4v) is 2.83. The van der Waals surface area contributed by atoms with Gasteiger partial charge in [0.25, 0.3) is 0 Å². The van der Waals surface area contributed by atoms with Crippen molar-refractivity contribution >= 4 is 11.9 Å². The van der Waals surface area contributed by atoms with Gasteiger partial charge < -0.3 is 15.5 Å². The Morgan fingerprint density at radius 2 is 1.87 bits per heavy atom. The lowest BCUT2D eigenvalue weighted by Crippen LogP contribution is -2.45. The number of carbonyl (C=O) groups excluding carboxylic acids is 2. The molecule has 5 heteroatoms. The van der Waals surface area contributed by atoms with E-state index in [1.54, 1.807) is 0 Å². The third-order valence-electron chi connectivity index (χ3n) is 4.00. The van der Waals surface area contributed by atoms with Gasteiger partial charge in [-0.15, -0.1) is 0 Å². The minimum absolute atomic E-state index is 0.0752. The monoisotopic (exact) mass is 317 g/mol. The molecule has 0 unspecified atom stereocenters. The molecule has 1 heterocycles. The van der Waals surface area contributed by atoms with E-state index < -0.39 is 0 Å². The highest BCUT2D eigenvalue weighted by atomic mass is 16.2. The van der Waals surface area contributed by atoms with Gasteiger partial charge in [0.15, 0.2) is 0 Å². The highest BCUT2D eigenvalue weighted by Gasteiger charge is 2.23. The lowest BCUT2D eigenvalue weighted by Gasteiger charge is -2.28. The molecule has 0 aliphatic carbocycles. The van der Waals surface area contributed by atoms with Gasteiger partial charge in [-0.25, -0.2) is 4.79 Å². The van der Waals surface area contributed by atoms with Gasteiger partial charge in [-0.2, -0.15) is 0 Å². The minimum atomic E-state index is -0.198. The molecule has 0 spiro atoms. The molecule has 1 aromatic rings. The fourth-order valence-electron chi connectivity index (χ4n) is 2.83. The van der Waals surface area contributed by atoms with Crippen LogP contribution in [0.5, 0.6) is 0 Å². The number of amides is 3. The van der Waals surface area contributed by atoms with Crippen molar-refractivity contribution in [2.75, 3.05) is 13.1 Å². The topological polar surface area (TPSA) is 61.4 Å². The number of hydrogen-bond donors (Lipinski definition) is 2. The maximum absolute atomic E-state index is 12.2. The highest BCUT2D eigenvalue weighted by molar-refractivity contribution is 5.77. The molecule has 126 valence electrons. The summed E-state index contributed by atoms with van der Waals surface area (Å²) in [6, 6.07) is 9.51. The van der Waals surface area contributed by atoms with Gasteiger partial charge in [0, 0.05) is 25.6 Å². The molecule has 1 aliphatic rings. The van der Waals surface area contributed by atoms with Crippen molar-refractivity contribution < 1.29 is 9.59 Å². The van der Waals surface area contributed by atoms with Crippen molar-refractivity contribution in [3.05, 3.63) is 35.9 Å². The molecule has 1 saturated heterocycles. The first kappa shape index (κ1) is 17.3. The van der Waals surface area contributed by atoms with Crippen molar-refractivity contribution in [1.82, 2.24) is 15.5 Å². The van der Waals surface area contributed by atoms with Gasteiger partial charge in [-0.3, -0.25) is 4.79 Å². The molecule has 3 amide bonds. The molecule has 2 rings (SSSR count). The largest absolute Gasteiger partial charge is 0.340 e. The van der Waals surface area contributed by atoms with Crippen molar-refractivity contribution in [2.45, 2.75) is 51.6 Å². The van der Waals surface area contributed by atoms with Gasteiger partial charge in [0.2, 0.25) is 5.91 Å². The van der Waals surface area contributed by atoms with Gasteiger partial charge in [-0.05, 0) is 32.3 Å². The predicted octanol–water partition coefficient (Wildman–Crippen LogP) is 2.84. The molecule has 0 saturated carbocycles. The number of rotatable bonds is 5. The number of carbonyl (C=O) groups is 2. The predicted molar refractivity (Wildman–Crippen MR) is 91.0 cm³/mol. The average Bonchev–Trinajstić information content (AvgIpc) is 2.71. The Bertz CT molecular complexity index is 516. The van der Waals surface area contributed by atoms with Crippen LogP contribution in [0.3, 0.4) is 0 Å². The SMILES string of the molecule is CC(C)NC(=O)N[C@@H](CN1CCCCCC1=O)c1ccccc1. The third-order valence-corrected chi connectivity index (χ3v) is 4.00. The van der Waals surface area contributed by atoms with E-state index in [2.05, 4.69) is 10.6 Å². The maximum atomic E-state index is 12.2. The number of benzene rings is 1. The molecule has 1 aromatic carbocycles. The first-order chi connectivity index (χ1) is 11.1. The molecule has 1 fully saturated rings. The smallest absolute Gasteiger partial charge is 0.315 e. The molecule has 1 atom stereocenters. The zero-order valence-corrected chi connectivity index (χ0v) is 14.0. The summed E-state index contributed by atoms with van der Waals surface area (Å²) in [5.74, 6) is 0.189. The second kappa shape index (κ2) is 8.56. The highest BCUT2D eigenvalue weighted by Crippen LogP contribution is 2.18. The summed E-state index contributed by atoms with van der Waals surface area (Å²) >= 11 is 0. The summed E-state index contributed by atoms with van der Waals surface area (Å²) < 4.78 is 0. The lowest BCUT2D eigenvalue weighted by atomic mass is 10.1. The second-order valence-corrected chi connectivity index (χ2v) is 6.39. The fraction of sp³-hybridized carbons (Fsp3) is 0.556. The Morgan fingerprint density at radius 1 is 1.13 bits per heavy atom. The molecular weight excluding hydrogens is 290 g/mol. The number of nitrogens with one attached hydrogen (secondary N) is 2. The number of hydrogen-bond acceptors (Lipinski definition) is 2. The van der Waals surface area contributed by atoms with Crippen LogP contribution in [0.4, 0.5) is 4.79 Å². The Morgan fingerprint density at radius 3 is 2.57 bits per heavy atom. The first-order valence-corrected chi connectivity index (χ1v) is 8.46. The van der Waals surface area contributed by atoms with Crippen LogP contribution < -0.4 is 10.6 Å². The Kier molecular flexibility index (Phi) is 6.44. The summed E-state index contributed by atoms with van der Waals surface area (Å²) in [7, 11) is 0. The molecular formula is C18H27N3O2. The molecule has 5 nitrogen and oxygen atoms in total. The molecule has 0 radical (unpaired) electrons. The van der Waals surface area contributed by atoms with E-state index >= 15 is 0 Å². The van der Waals surface area contributed by atoms with E-state index in [0.29, 0.717) is 13.0 Å². The lowest BCUT2D eigenvalue weighted by molar-refractivity contribution is -0.131. The van der Waals surface area contributed by atoms with Crippen molar-refractivity contribution in [2.24, 2.45) is 0 Å². The summed E-state index contributed by atoms with van der Waals surface area (Å²) in [4.78, 5) is 26.2. The van der Waals surface area contributed by atoms with Gasteiger partial charge >= 0.3 is 6.03 Å². The van der Waals surface area contributed by atoms with Gasteiger partial charge in [0.05, 0.1) is 6.04 Å². The molecule has 1 aliphatic heterocycles. The summed E-state index contributed by atoms with van der Waals surface area (Å²) in [5.41, 5.74) is 1.02. The minimum Gasteiger partial charge on any atom is -0.340 e. The van der Waals surface area contributed by atoms with Crippen LogP contribution in [-0.4, -0.2) is 36.0 Å². The van der Waals surface area contributed by atoms with Crippen LogP contribution in [0, 0.1) is 0 Å². The number of nitrogens with zero attached hydrogens (tertiary/aromatic N) is 1. The zero-order valence-electron chi connectivity index (χ0n) is 14.0. The zero-order chi connectivity index (χ0) is 16.7. The normalized spacial score (nSPS) is 16.8. The first-order valence-electron chi connectivity index (χ1n) is 8.46. The van der Waals surface area contributed by atoms with Crippen molar-refractivity contribution in [3.8, 4) is 0 Å². The van der Waals surface area contributed by atoms with Crippen LogP contribution in [-0.2, 0) is 4.79 Å². The van der Waals surface area contributed by atoms with Crippen molar-refractivity contribution in [1.29, 1.82) is 0 Å². The second-order valence-electron chi connectivity index (χ2n) is 6.39. The molecule has 2 N–H and O–H groups in total. The Balaban J connectivity index is 2.09. The van der Waals surface area contributed by atoms with Crippen LogP contribution in [0.1, 0.15) is 51.1 Å². The van der Waals surface area contributed by atoms with Crippen LogP contribution >= 0.6 is 0 Å². The van der Waals surface area contributed by atoms with E-state index in [0.717, 1.165) is 31.4 Å². The summed E-state index contributed by atoms with van der Waals surface area (Å²) in [5, 5.41) is 5.86. The molecule has 0 aromatic heterocycles. The van der Waals surface area contributed by atoms with Crippen molar-refractivity contribution in [3.63, 3.8) is 0 Å². The van der Waals surface area contributed by atoms with E-state index in [-0.39, 0.29) is 24.0 Å². The van der Waals surface area contributed by atoms with E-state index in [9.17, 15) is 9.59 Å². The van der Waals surface area contributed by atoms with E-state index in [1.165, 1.54) is 0 Å². The van der Waals surface area contributed by atoms with E-state index in [1.807, 2.05) is 49.1 Å². The van der Waals surface area contributed by atoms with Crippen LogP contribution in [0.2, 0.25) is 0 Å². The Labute approximate surface area is 138 Å². The average molecular weight is 317 g/mol. The standard InChI is InChI=1S/C18H27N3O2/c1-14(2)19-18(23)20-16(15-9-5-3-6-10-15)13-21-12-8-4-7-11-17(21)22/h3,5-6,9-10,14,16H,4,7-8,11-13H2,1-2H3,(H2,19,20,23)/t16-/m0/s1. The van der Waals surface area contributed by atoms with Crippen LogP contribution in [0.15, 0.2) is 30.3 Å². The number of likely N-dealkylation sites (tertiary alicyclic amines) is 1. The summed E-state index contributed by atoms with van der Waals surface area (Å²) in [6.07, 6.45) is 3.71. The van der Waals surface area contributed by atoms with Crippen LogP contribution in [0.25, 0.3) is 0 Å². The molecule has 23 heavy (non-hydrogen) atoms. The van der Waals surface area contributed by atoms with Gasteiger partial charge in [0.1, 0.15) is 0 Å².